The lowest BCUT2D eigenvalue weighted by Crippen LogP contribution is -2.47. The lowest BCUT2D eigenvalue weighted by atomic mass is 10.2. The molecule has 1 unspecified atom stereocenters. The number of H-pyrrole nitrogens is 1. The molecule has 0 aromatic carbocycles. The molecule has 1 N–H and O–H groups in total. The smallest absolute Gasteiger partial charge is 0.282 e. The van der Waals surface area contributed by atoms with E-state index in [2.05, 4.69) is 15.2 Å². The van der Waals surface area contributed by atoms with Crippen molar-refractivity contribution in [3.63, 3.8) is 0 Å². The van der Waals surface area contributed by atoms with Crippen LogP contribution in [0.15, 0.2) is 5.16 Å². The molecule has 120 valence electrons. The van der Waals surface area contributed by atoms with E-state index in [-0.39, 0.29) is 23.5 Å². The second kappa shape index (κ2) is 6.52. The van der Waals surface area contributed by atoms with Crippen molar-refractivity contribution in [3.8, 4) is 0 Å². The molecule has 0 radical (unpaired) electrons. The van der Waals surface area contributed by atoms with Crippen LogP contribution in [-0.4, -0.2) is 65.4 Å². The molecule has 8 nitrogen and oxygen atoms in total. The number of carbonyl (C=O) groups excluding carboxylic acids is 1. The topological polar surface area (TPSA) is 99.3 Å². The highest BCUT2D eigenvalue weighted by Crippen LogP contribution is 2.17. The van der Waals surface area contributed by atoms with Gasteiger partial charge in [-0.25, -0.2) is 13.4 Å². The number of rotatable bonds is 6. The number of sulfonamides is 1. The molecule has 1 aromatic heterocycles. The van der Waals surface area contributed by atoms with Gasteiger partial charge >= 0.3 is 0 Å². The third-order valence-electron chi connectivity index (χ3n) is 3.11. The highest BCUT2D eigenvalue weighted by Gasteiger charge is 2.35. The zero-order valence-corrected chi connectivity index (χ0v) is 14.1. The van der Waals surface area contributed by atoms with E-state index < -0.39 is 16.1 Å². The summed E-state index contributed by atoms with van der Waals surface area (Å²) in [6.45, 7) is 7.15. The maximum atomic E-state index is 12.6. The first-order valence-electron chi connectivity index (χ1n) is 6.78. The van der Waals surface area contributed by atoms with Gasteiger partial charge in [-0.2, -0.15) is 4.31 Å². The highest BCUT2D eigenvalue weighted by molar-refractivity contribution is 7.89. The van der Waals surface area contributed by atoms with Crippen LogP contribution in [-0.2, 0) is 14.8 Å². The molecular weight excluding hydrogens is 294 g/mol. The van der Waals surface area contributed by atoms with Crippen LogP contribution >= 0.6 is 0 Å². The van der Waals surface area contributed by atoms with Gasteiger partial charge in [0.2, 0.25) is 5.91 Å². The minimum atomic E-state index is -3.91. The summed E-state index contributed by atoms with van der Waals surface area (Å²) in [5.74, 6) is 0.244. The third-order valence-corrected chi connectivity index (χ3v) is 4.95. The van der Waals surface area contributed by atoms with Crippen molar-refractivity contribution < 1.29 is 13.2 Å². The van der Waals surface area contributed by atoms with Gasteiger partial charge in [-0.1, -0.05) is 20.8 Å². The Morgan fingerprint density at radius 1 is 1.29 bits per heavy atom. The Morgan fingerprint density at radius 3 is 2.24 bits per heavy atom. The SMILES string of the molecule is CCN(C(C)C(=O)N(C)C)S(=O)(=O)c1n[nH]c(C(C)C)n1. The summed E-state index contributed by atoms with van der Waals surface area (Å²) in [6.07, 6.45) is 0. The Balaban J connectivity index is 3.15. The van der Waals surface area contributed by atoms with Gasteiger partial charge in [0.25, 0.3) is 15.2 Å². The number of hydrogen-bond donors (Lipinski definition) is 1. The molecule has 0 saturated heterocycles. The fourth-order valence-electron chi connectivity index (χ4n) is 1.89. The summed E-state index contributed by atoms with van der Waals surface area (Å²) in [5.41, 5.74) is 0. The Hall–Kier alpha value is -1.48. The monoisotopic (exact) mass is 317 g/mol. The van der Waals surface area contributed by atoms with Crippen molar-refractivity contribution >= 4 is 15.9 Å². The van der Waals surface area contributed by atoms with Crippen LogP contribution in [0.5, 0.6) is 0 Å². The molecule has 0 fully saturated rings. The zero-order chi connectivity index (χ0) is 16.4. The van der Waals surface area contributed by atoms with Crippen LogP contribution in [0.1, 0.15) is 39.4 Å². The van der Waals surface area contributed by atoms with Gasteiger partial charge in [-0.05, 0) is 6.92 Å². The largest absolute Gasteiger partial charge is 0.347 e. The van der Waals surface area contributed by atoms with E-state index in [4.69, 9.17) is 0 Å². The minimum absolute atomic E-state index is 0.0392. The van der Waals surface area contributed by atoms with E-state index in [1.165, 1.54) is 4.90 Å². The number of nitrogens with one attached hydrogen (secondary N) is 1. The second-order valence-corrected chi connectivity index (χ2v) is 7.06. The lowest BCUT2D eigenvalue weighted by molar-refractivity contribution is -0.132. The van der Waals surface area contributed by atoms with E-state index in [1.807, 2.05) is 13.8 Å². The molecule has 0 aliphatic carbocycles. The molecule has 9 heteroatoms. The molecule has 0 saturated carbocycles. The normalized spacial score (nSPS) is 13.7. The molecule has 1 rings (SSSR count). The molecule has 1 atom stereocenters. The Morgan fingerprint density at radius 2 is 1.86 bits per heavy atom. The van der Waals surface area contributed by atoms with Crippen LogP contribution in [0.4, 0.5) is 0 Å². The fraction of sp³-hybridized carbons (Fsp3) is 0.750. The molecule has 0 spiro atoms. The van der Waals surface area contributed by atoms with Crippen LogP contribution in [0.25, 0.3) is 0 Å². The van der Waals surface area contributed by atoms with Gasteiger partial charge in [0.1, 0.15) is 11.9 Å². The summed E-state index contributed by atoms with van der Waals surface area (Å²) in [7, 11) is -0.737. The Labute approximate surface area is 125 Å². The fourth-order valence-corrected chi connectivity index (χ4v) is 3.32. The maximum Gasteiger partial charge on any atom is 0.282 e. The van der Waals surface area contributed by atoms with E-state index in [0.717, 1.165) is 4.31 Å². The first-order valence-corrected chi connectivity index (χ1v) is 8.22. The maximum absolute atomic E-state index is 12.6. The highest BCUT2D eigenvalue weighted by atomic mass is 32.2. The summed E-state index contributed by atoms with van der Waals surface area (Å²) in [5, 5.41) is 6.09. The Bertz CT molecular complexity index is 594. The van der Waals surface area contributed by atoms with Gasteiger partial charge in [0.15, 0.2) is 0 Å². The summed E-state index contributed by atoms with van der Waals surface area (Å²) in [4.78, 5) is 17.4. The molecule has 0 aliphatic heterocycles. The van der Waals surface area contributed by atoms with E-state index in [9.17, 15) is 13.2 Å². The van der Waals surface area contributed by atoms with Gasteiger partial charge in [0, 0.05) is 26.6 Å². The van der Waals surface area contributed by atoms with Gasteiger partial charge in [0.05, 0.1) is 0 Å². The van der Waals surface area contributed by atoms with Crippen LogP contribution in [0.3, 0.4) is 0 Å². The van der Waals surface area contributed by atoms with Crippen molar-refractivity contribution in [2.45, 2.75) is 44.8 Å². The van der Waals surface area contributed by atoms with Crippen LogP contribution in [0, 0.1) is 0 Å². The molecule has 1 heterocycles. The van der Waals surface area contributed by atoms with E-state index in [1.54, 1.807) is 27.9 Å². The molecule has 0 aliphatic rings. The molecule has 1 amide bonds. The van der Waals surface area contributed by atoms with E-state index in [0.29, 0.717) is 5.82 Å². The standard InChI is InChI=1S/C12H23N5O3S/c1-7-17(9(4)11(18)16(5)6)21(19,20)12-13-10(8(2)3)14-15-12/h8-9H,7H2,1-6H3,(H,13,14,15). The second-order valence-electron chi connectivity index (χ2n) is 5.27. The van der Waals surface area contributed by atoms with Crippen molar-refractivity contribution in [2.24, 2.45) is 0 Å². The van der Waals surface area contributed by atoms with Crippen molar-refractivity contribution in [1.29, 1.82) is 0 Å². The molecule has 0 bridgehead atoms. The summed E-state index contributed by atoms with van der Waals surface area (Å²) < 4.78 is 26.3. The molecule has 1 aromatic rings. The van der Waals surface area contributed by atoms with Gasteiger partial charge in [-0.15, -0.1) is 5.10 Å². The van der Waals surface area contributed by atoms with Crippen LogP contribution in [0.2, 0.25) is 0 Å². The van der Waals surface area contributed by atoms with Crippen molar-refractivity contribution in [1.82, 2.24) is 24.4 Å². The summed E-state index contributed by atoms with van der Waals surface area (Å²) in [6, 6.07) is -0.809. The number of hydrogen-bond acceptors (Lipinski definition) is 5. The first-order chi connectivity index (χ1) is 9.62. The van der Waals surface area contributed by atoms with Crippen LogP contribution < -0.4 is 0 Å². The van der Waals surface area contributed by atoms with Gasteiger partial charge in [-0.3, -0.25) is 9.89 Å². The average molecular weight is 317 g/mol. The number of carbonyl (C=O) groups is 1. The first kappa shape index (κ1) is 17.6. The third kappa shape index (κ3) is 3.59. The quantitative estimate of drug-likeness (QED) is 0.819. The minimum Gasteiger partial charge on any atom is -0.347 e. The molecular formula is C12H23N5O3S. The zero-order valence-electron chi connectivity index (χ0n) is 13.3. The summed E-state index contributed by atoms with van der Waals surface area (Å²) >= 11 is 0. The Kier molecular flexibility index (Phi) is 5.46. The number of aromatic nitrogens is 3. The number of aromatic amines is 1. The average Bonchev–Trinajstić information content (AvgIpc) is 2.88. The molecule has 21 heavy (non-hydrogen) atoms. The van der Waals surface area contributed by atoms with Crippen molar-refractivity contribution in [3.05, 3.63) is 5.82 Å². The van der Waals surface area contributed by atoms with Gasteiger partial charge < -0.3 is 4.90 Å². The predicted octanol–water partition coefficient (Wildman–Crippen LogP) is 0.415. The predicted molar refractivity (Wildman–Crippen MR) is 78.2 cm³/mol. The number of nitrogens with zero attached hydrogens (tertiary/aromatic N) is 4. The lowest BCUT2D eigenvalue weighted by Gasteiger charge is -2.26. The van der Waals surface area contributed by atoms with E-state index >= 15 is 0 Å². The number of amides is 1. The van der Waals surface area contributed by atoms with Crippen molar-refractivity contribution in [2.75, 3.05) is 20.6 Å². The number of likely N-dealkylation sites (N-methyl/N-ethyl adjacent to an activating group) is 2.